The minimum absolute atomic E-state index is 1.25. The second kappa shape index (κ2) is 11.6. The Labute approximate surface area is 269 Å². The Morgan fingerprint density at radius 2 is 0.630 bits per heavy atom. The lowest BCUT2D eigenvalue weighted by atomic mass is 9.98. The van der Waals surface area contributed by atoms with Gasteiger partial charge >= 0.3 is 0 Å². The van der Waals surface area contributed by atoms with Crippen molar-refractivity contribution in [2.45, 2.75) is 0 Å². The van der Waals surface area contributed by atoms with E-state index in [9.17, 15) is 0 Å². The summed E-state index contributed by atoms with van der Waals surface area (Å²) in [6, 6.07) is 60.4. The fraction of sp³-hybridized carbons (Fsp3) is 0.0455. The van der Waals surface area contributed by atoms with Gasteiger partial charge in [0.2, 0.25) is 0 Å². The molecule has 2 heteroatoms. The molecule has 0 atom stereocenters. The van der Waals surface area contributed by atoms with E-state index in [2.05, 4.69) is 193 Å². The predicted molar refractivity (Wildman–Crippen MR) is 197 cm³/mol. The van der Waals surface area contributed by atoms with Crippen LogP contribution in [-0.4, -0.2) is 9.13 Å². The molecule has 0 bridgehead atoms. The SMILES string of the molecule is Cn1c2ccccc2c2cccc(-c3ccc(-c4ccccc4)cc3)c21.Cn1c2ccccc2c2cccc(-c3ccccc3)c21. The number of aromatic nitrogens is 2. The third-order valence-corrected chi connectivity index (χ3v) is 9.24. The van der Waals surface area contributed by atoms with E-state index in [0.29, 0.717) is 0 Å². The van der Waals surface area contributed by atoms with E-state index >= 15 is 0 Å². The number of hydrogen-bond donors (Lipinski definition) is 0. The van der Waals surface area contributed by atoms with Crippen LogP contribution < -0.4 is 0 Å². The highest BCUT2D eigenvalue weighted by Gasteiger charge is 2.13. The summed E-state index contributed by atoms with van der Waals surface area (Å²) in [7, 11) is 4.31. The number of hydrogen-bond acceptors (Lipinski definition) is 0. The van der Waals surface area contributed by atoms with Crippen LogP contribution in [0.3, 0.4) is 0 Å². The summed E-state index contributed by atoms with van der Waals surface area (Å²) >= 11 is 0. The zero-order valence-electron chi connectivity index (χ0n) is 26.1. The van der Waals surface area contributed by atoms with Gasteiger partial charge in [-0.15, -0.1) is 0 Å². The van der Waals surface area contributed by atoms with Crippen molar-refractivity contribution in [3.05, 3.63) is 170 Å². The minimum Gasteiger partial charge on any atom is -0.343 e. The fourth-order valence-electron chi connectivity index (χ4n) is 7.03. The summed E-state index contributed by atoms with van der Waals surface area (Å²) < 4.78 is 4.61. The second-order valence-electron chi connectivity index (χ2n) is 11.9. The van der Waals surface area contributed by atoms with Crippen molar-refractivity contribution in [2.24, 2.45) is 14.1 Å². The monoisotopic (exact) mass is 590 g/mol. The Balaban J connectivity index is 0.000000140. The molecule has 2 nitrogen and oxygen atoms in total. The van der Waals surface area contributed by atoms with Gasteiger partial charge in [-0.2, -0.15) is 0 Å². The molecule has 0 saturated heterocycles. The standard InChI is InChI=1S/C25H19N.C19H15N/c1-26-24-13-6-5-10-22(24)23-12-7-11-21(25(23)26)20-16-14-19(15-17-20)18-8-3-2-4-9-18;1-20-18-13-6-5-10-16(18)17-12-7-11-15(19(17)20)14-8-3-2-4-9-14/h2-17H,1H3;2-13H,1H3. The Bertz CT molecular complexity index is 2460. The van der Waals surface area contributed by atoms with Crippen molar-refractivity contribution in [3.63, 3.8) is 0 Å². The van der Waals surface area contributed by atoms with Crippen LogP contribution in [0.5, 0.6) is 0 Å². The molecular formula is C44H34N2. The summed E-state index contributed by atoms with van der Waals surface area (Å²) in [4.78, 5) is 0. The topological polar surface area (TPSA) is 9.86 Å². The summed E-state index contributed by atoms with van der Waals surface area (Å²) in [5, 5.41) is 5.27. The Hall–Kier alpha value is -5.86. The van der Waals surface area contributed by atoms with Gasteiger partial charge in [0.15, 0.2) is 0 Å². The third-order valence-electron chi connectivity index (χ3n) is 9.24. The van der Waals surface area contributed by atoms with Crippen LogP contribution in [0.25, 0.3) is 77.0 Å². The van der Waals surface area contributed by atoms with Crippen LogP contribution in [-0.2, 0) is 14.1 Å². The summed E-state index contributed by atoms with van der Waals surface area (Å²) in [5.41, 5.74) is 12.7. The van der Waals surface area contributed by atoms with Gasteiger partial charge in [-0.25, -0.2) is 0 Å². The highest BCUT2D eigenvalue weighted by molar-refractivity contribution is 6.13. The number of fused-ring (bicyclic) bond motifs is 6. The predicted octanol–water partition coefficient (Wildman–Crippen LogP) is 11.7. The molecule has 46 heavy (non-hydrogen) atoms. The normalized spacial score (nSPS) is 11.3. The van der Waals surface area contributed by atoms with Crippen LogP contribution in [0.1, 0.15) is 0 Å². The summed E-state index contributed by atoms with van der Waals surface area (Å²) in [5.74, 6) is 0. The average molecular weight is 591 g/mol. The molecule has 9 rings (SSSR count). The lowest BCUT2D eigenvalue weighted by molar-refractivity contribution is 1.02. The smallest absolute Gasteiger partial charge is 0.0568 e. The highest BCUT2D eigenvalue weighted by atomic mass is 14.9. The first-order valence-corrected chi connectivity index (χ1v) is 15.8. The molecule has 220 valence electrons. The van der Waals surface area contributed by atoms with Crippen molar-refractivity contribution in [3.8, 4) is 33.4 Å². The number of benzene rings is 7. The van der Waals surface area contributed by atoms with Crippen LogP contribution in [0, 0.1) is 0 Å². The van der Waals surface area contributed by atoms with Gasteiger partial charge in [-0.3, -0.25) is 0 Å². The minimum atomic E-state index is 1.25. The third kappa shape index (κ3) is 4.67. The second-order valence-corrected chi connectivity index (χ2v) is 11.9. The van der Waals surface area contributed by atoms with Crippen molar-refractivity contribution >= 4 is 43.6 Å². The molecule has 0 aliphatic rings. The zero-order valence-corrected chi connectivity index (χ0v) is 26.1. The maximum Gasteiger partial charge on any atom is 0.0568 e. The largest absolute Gasteiger partial charge is 0.343 e. The molecule has 0 aliphatic carbocycles. The van der Waals surface area contributed by atoms with Crippen molar-refractivity contribution in [2.75, 3.05) is 0 Å². The van der Waals surface area contributed by atoms with E-state index in [1.807, 2.05) is 0 Å². The van der Waals surface area contributed by atoms with Gasteiger partial charge < -0.3 is 9.13 Å². The van der Waals surface area contributed by atoms with Gasteiger partial charge in [0.05, 0.1) is 11.0 Å². The molecule has 7 aromatic carbocycles. The molecule has 0 N–H and O–H groups in total. The first-order valence-electron chi connectivity index (χ1n) is 15.8. The van der Waals surface area contributed by atoms with E-state index in [0.717, 1.165) is 0 Å². The van der Waals surface area contributed by atoms with Crippen molar-refractivity contribution in [1.82, 2.24) is 9.13 Å². The molecule has 2 aromatic heterocycles. The van der Waals surface area contributed by atoms with E-state index < -0.39 is 0 Å². The summed E-state index contributed by atoms with van der Waals surface area (Å²) in [6.45, 7) is 0. The van der Waals surface area contributed by atoms with Gasteiger partial charge in [0, 0.05) is 57.8 Å². The van der Waals surface area contributed by atoms with Crippen LogP contribution in [0.4, 0.5) is 0 Å². The van der Waals surface area contributed by atoms with E-state index in [-0.39, 0.29) is 0 Å². The van der Waals surface area contributed by atoms with Crippen molar-refractivity contribution in [1.29, 1.82) is 0 Å². The first kappa shape index (κ1) is 27.7. The molecule has 0 amide bonds. The van der Waals surface area contributed by atoms with Crippen LogP contribution in [0.15, 0.2) is 170 Å². The number of nitrogens with zero attached hydrogens (tertiary/aromatic N) is 2. The lowest BCUT2D eigenvalue weighted by Gasteiger charge is -2.08. The molecule has 0 unspecified atom stereocenters. The Morgan fingerprint density at radius 3 is 1.13 bits per heavy atom. The molecule has 0 aliphatic heterocycles. The summed E-state index contributed by atoms with van der Waals surface area (Å²) in [6.07, 6.45) is 0. The molecule has 0 radical (unpaired) electrons. The molecule has 9 aromatic rings. The van der Waals surface area contributed by atoms with E-state index in [1.165, 1.54) is 77.0 Å². The molecule has 2 heterocycles. The number of rotatable bonds is 3. The fourth-order valence-corrected chi connectivity index (χ4v) is 7.03. The van der Waals surface area contributed by atoms with E-state index in [4.69, 9.17) is 0 Å². The Kier molecular flexibility index (Phi) is 6.96. The maximum absolute atomic E-state index is 2.31. The maximum atomic E-state index is 2.31. The number of aryl methyl sites for hydroxylation is 2. The van der Waals surface area contributed by atoms with Gasteiger partial charge in [0.25, 0.3) is 0 Å². The van der Waals surface area contributed by atoms with Crippen molar-refractivity contribution < 1.29 is 0 Å². The Morgan fingerprint density at radius 1 is 0.283 bits per heavy atom. The van der Waals surface area contributed by atoms with Crippen LogP contribution >= 0.6 is 0 Å². The molecule has 0 saturated carbocycles. The molecular weight excluding hydrogens is 556 g/mol. The quantitative estimate of drug-likeness (QED) is 0.194. The van der Waals surface area contributed by atoms with Gasteiger partial charge in [0.1, 0.15) is 0 Å². The zero-order chi connectivity index (χ0) is 31.0. The highest BCUT2D eigenvalue weighted by Crippen LogP contribution is 2.37. The van der Waals surface area contributed by atoms with E-state index in [1.54, 1.807) is 0 Å². The molecule has 0 fully saturated rings. The molecule has 0 spiro atoms. The average Bonchev–Trinajstić information content (AvgIpc) is 3.60. The van der Waals surface area contributed by atoms with Gasteiger partial charge in [-0.1, -0.05) is 158 Å². The number of para-hydroxylation sites is 4. The lowest BCUT2D eigenvalue weighted by Crippen LogP contribution is -1.90. The van der Waals surface area contributed by atoms with Gasteiger partial charge in [-0.05, 0) is 34.4 Å². The first-order chi connectivity index (χ1) is 22.7. The van der Waals surface area contributed by atoms with Crippen LogP contribution in [0.2, 0.25) is 0 Å².